The predicted molar refractivity (Wildman–Crippen MR) is 89.9 cm³/mol. The quantitative estimate of drug-likeness (QED) is 0.245. The number of aromatic nitrogens is 2. The van der Waals surface area contributed by atoms with Crippen molar-refractivity contribution in [3.8, 4) is 0 Å². The van der Waals surface area contributed by atoms with Crippen LogP contribution in [0.15, 0.2) is 32.5 Å². The van der Waals surface area contributed by atoms with Crippen LogP contribution < -0.4 is 9.86 Å². The monoisotopic (exact) mass is 435 g/mol. The van der Waals surface area contributed by atoms with Crippen LogP contribution in [-0.2, 0) is 23.1 Å². The number of rotatable bonds is 8. The molecule has 4 N–H and O–H groups in total. The molecule has 0 fully saturated rings. The SMILES string of the molecule is NS(=O)(=O)NCCCc1nonc1/C(Cc1ccc(F)c(Br)c1)=N/O. The normalized spacial score (nSPS) is 12.5. The summed E-state index contributed by atoms with van der Waals surface area (Å²) >= 11 is 3.09. The van der Waals surface area contributed by atoms with E-state index in [4.69, 9.17) is 5.14 Å². The van der Waals surface area contributed by atoms with Crippen molar-refractivity contribution in [2.75, 3.05) is 6.54 Å². The van der Waals surface area contributed by atoms with Crippen LogP contribution in [0, 0.1) is 5.82 Å². The number of aryl methyl sites for hydroxylation is 1. The van der Waals surface area contributed by atoms with Crippen molar-refractivity contribution in [1.82, 2.24) is 15.0 Å². The summed E-state index contributed by atoms with van der Waals surface area (Å²) in [5.41, 5.74) is 1.53. The molecule has 2 rings (SSSR count). The molecule has 0 bridgehead atoms. The van der Waals surface area contributed by atoms with E-state index in [-0.39, 0.29) is 28.8 Å². The molecule has 12 heteroatoms. The molecule has 1 aromatic carbocycles. The van der Waals surface area contributed by atoms with E-state index in [1.165, 1.54) is 6.07 Å². The lowest BCUT2D eigenvalue weighted by Gasteiger charge is -2.05. The minimum atomic E-state index is -3.75. The lowest BCUT2D eigenvalue weighted by atomic mass is 10.0. The van der Waals surface area contributed by atoms with E-state index >= 15 is 0 Å². The van der Waals surface area contributed by atoms with Gasteiger partial charge in [-0.2, -0.15) is 8.42 Å². The Hall–Kier alpha value is -1.89. The first-order chi connectivity index (χ1) is 11.8. The molecule has 0 saturated heterocycles. The first-order valence-corrected chi connectivity index (χ1v) is 9.38. The van der Waals surface area contributed by atoms with Gasteiger partial charge < -0.3 is 5.21 Å². The van der Waals surface area contributed by atoms with E-state index in [2.05, 4.69) is 40.8 Å². The molecule has 0 aliphatic heterocycles. The highest BCUT2D eigenvalue weighted by Gasteiger charge is 2.18. The van der Waals surface area contributed by atoms with Crippen LogP contribution in [0.25, 0.3) is 0 Å². The first kappa shape index (κ1) is 19.4. The molecular weight excluding hydrogens is 421 g/mol. The van der Waals surface area contributed by atoms with Crippen LogP contribution in [0.2, 0.25) is 0 Å². The molecular formula is C13H15BrFN5O4S. The number of nitrogens with one attached hydrogen (secondary N) is 1. The standard InChI is InChI=1S/C13H15BrFN5O4S/c14-9-6-8(3-4-10(9)15)7-12(18-21)13-11(19-24-20-13)2-1-5-17-25(16,22)23/h3-4,6,17,21H,1-2,5,7H2,(H2,16,22,23)/b18-12+. The molecule has 136 valence electrons. The van der Waals surface area contributed by atoms with Crippen LogP contribution in [0.1, 0.15) is 23.4 Å². The molecule has 0 amide bonds. The molecule has 0 saturated carbocycles. The topological polar surface area (TPSA) is 144 Å². The van der Waals surface area contributed by atoms with Gasteiger partial charge in [-0.15, -0.1) is 0 Å². The summed E-state index contributed by atoms with van der Waals surface area (Å²) in [7, 11) is -3.75. The molecule has 9 nitrogen and oxygen atoms in total. The van der Waals surface area contributed by atoms with Crippen molar-refractivity contribution in [3.63, 3.8) is 0 Å². The van der Waals surface area contributed by atoms with E-state index < -0.39 is 16.0 Å². The van der Waals surface area contributed by atoms with E-state index in [0.29, 0.717) is 24.1 Å². The fraction of sp³-hybridized carbons (Fsp3) is 0.308. The maximum atomic E-state index is 13.3. The zero-order chi connectivity index (χ0) is 18.4. The Bertz CT molecular complexity index is 871. The summed E-state index contributed by atoms with van der Waals surface area (Å²) in [6.07, 6.45) is 0.887. The summed E-state index contributed by atoms with van der Waals surface area (Å²) in [5, 5.41) is 24.8. The summed E-state index contributed by atoms with van der Waals surface area (Å²) < 4.78 is 42.0. The van der Waals surface area contributed by atoms with Crippen molar-refractivity contribution in [3.05, 3.63) is 45.4 Å². The Kier molecular flexibility index (Phi) is 6.58. The minimum absolute atomic E-state index is 0.113. The van der Waals surface area contributed by atoms with Gasteiger partial charge in [-0.05, 0) is 51.6 Å². The molecule has 0 unspecified atom stereocenters. The molecule has 0 aliphatic rings. The summed E-state index contributed by atoms with van der Waals surface area (Å²) in [4.78, 5) is 0. The summed E-state index contributed by atoms with van der Waals surface area (Å²) in [6.45, 7) is 0.113. The molecule has 0 aliphatic carbocycles. The summed E-state index contributed by atoms with van der Waals surface area (Å²) in [5.74, 6) is -0.405. The van der Waals surface area contributed by atoms with Crippen LogP contribution in [0.5, 0.6) is 0 Å². The Morgan fingerprint density at radius 3 is 2.84 bits per heavy atom. The van der Waals surface area contributed by atoms with Gasteiger partial charge in [0.2, 0.25) is 0 Å². The van der Waals surface area contributed by atoms with Crippen molar-refractivity contribution < 1.29 is 22.6 Å². The van der Waals surface area contributed by atoms with E-state index in [1.807, 2.05) is 0 Å². The van der Waals surface area contributed by atoms with Gasteiger partial charge >= 0.3 is 0 Å². The third kappa shape index (κ3) is 5.85. The zero-order valence-corrected chi connectivity index (χ0v) is 15.2. The zero-order valence-electron chi connectivity index (χ0n) is 12.8. The number of oxime groups is 1. The smallest absolute Gasteiger partial charge is 0.274 e. The highest BCUT2D eigenvalue weighted by atomic mass is 79.9. The fourth-order valence-electron chi connectivity index (χ4n) is 2.07. The molecule has 0 radical (unpaired) electrons. The lowest BCUT2D eigenvalue weighted by molar-refractivity contribution is 0.300. The van der Waals surface area contributed by atoms with Gasteiger partial charge in [0.1, 0.15) is 17.2 Å². The van der Waals surface area contributed by atoms with Crippen LogP contribution in [0.4, 0.5) is 4.39 Å². The Morgan fingerprint density at radius 1 is 1.44 bits per heavy atom. The molecule has 1 aromatic heterocycles. The number of benzene rings is 1. The van der Waals surface area contributed by atoms with Crippen molar-refractivity contribution in [2.45, 2.75) is 19.3 Å². The van der Waals surface area contributed by atoms with Crippen LogP contribution in [0.3, 0.4) is 0 Å². The number of nitrogens with two attached hydrogens (primary N) is 1. The van der Waals surface area contributed by atoms with Crippen molar-refractivity contribution >= 4 is 31.9 Å². The van der Waals surface area contributed by atoms with Gasteiger partial charge in [0.15, 0.2) is 5.69 Å². The number of hydrogen-bond acceptors (Lipinski definition) is 7. The van der Waals surface area contributed by atoms with E-state index in [9.17, 15) is 18.0 Å². The third-order valence-electron chi connectivity index (χ3n) is 3.20. The van der Waals surface area contributed by atoms with Crippen molar-refractivity contribution in [2.24, 2.45) is 10.3 Å². The first-order valence-electron chi connectivity index (χ1n) is 7.04. The lowest BCUT2D eigenvalue weighted by Crippen LogP contribution is -2.31. The highest BCUT2D eigenvalue weighted by Crippen LogP contribution is 2.19. The Balaban J connectivity index is 2.06. The number of halogens is 2. The Labute approximate surface area is 151 Å². The molecule has 2 aromatic rings. The van der Waals surface area contributed by atoms with Crippen molar-refractivity contribution in [1.29, 1.82) is 0 Å². The Morgan fingerprint density at radius 2 is 2.20 bits per heavy atom. The second-order valence-corrected chi connectivity index (χ2v) is 7.31. The van der Waals surface area contributed by atoms with Gasteiger partial charge in [0.05, 0.1) is 4.47 Å². The maximum absolute atomic E-state index is 13.3. The second kappa shape index (κ2) is 8.47. The third-order valence-corrected chi connectivity index (χ3v) is 4.41. The van der Waals surface area contributed by atoms with Crippen LogP contribution in [-0.4, -0.2) is 36.2 Å². The van der Waals surface area contributed by atoms with Gasteiger partial charge in [-0.3, -0.25) is 0 Å². The average molecular weight is 436 g/mol. The van der Waals surface area contributed by atoms with E-state index in [0.717, 1.165) is 0 Å². The molecule has 25 heavy (non-hydrogen) atoms. The predicted octanol–water partition coefficient (Wildman–Crippen LogP) is 1.12. The van der Waals surface area contributed by atoms with Gasteiger partial charge in [0.25, 0.3) is 10.2 Å². The van der Waals surface area contributed by atoms with Gasteiger partial charge in [-0.1, -0.05) is 16.4 Å². The highest BCUT2D eigenvalue weighted by molar-refractivity contribution is 9.10. The maximum Gasteiger partial charge on any atom is 0.274 e. The minimum Gasteiger partial charge on any atom is -0.411 e. The number of nitrogens with zero attached hydrogens (tertiary/aromatic N) is 3. The number of hydrogen-bond donors (Lipinski definition) is 3. The summed E-state index contributed by atoms with van der Waals surface area (Å²) in [6, 6.07) is 4.40. The largest absolute Gasteiger partial charge is 0.411 e. The molecule has 0 spiro atoms. The van der Waals surface area contributed by atoms with Crippen LogP contribution >= 0.6 is 15.9 Å². The average Bonchev–Trinajstić information content (AvgIpc) is 3.00. The second-order valence-electron chi connectivity index (χ2n) is 5.07. The molecule has 1 heterocycles. The van der Waals surface area contributed by atoms with Gasteiger partial charge in [-0.25, -0.2) is 18.9 Å². The molecule has 0 atom stereocenters. The van der Waals surface area contributed by atoms with E-state index in [1.54, 1.807) is 12.1 Å². The fourth-order valence-corrected chi connectivity index (χ4v) is 2.92. The van der Waals surface area contributed by atoms with Gasteiger partial charge in [0, 0.05) is 13.0 Å².